The number of carbonyl (C=O) groups is 1. The van der Waals surface area contributed by atoms with Crippen LogP contribution in [-0.2, 0) is 4.79 Å². The van der Waals surface area contributed by atoms with Gasteiger partial charge in [-0.3, -0.25) is 4.79 Å². The highest BCUT2D eigenvalue weighted by atomic mass is 16.2. The van der Waals surface area contributed by atoms with Gasteiger partial charge in [0.25, 0.3) is 0 Å². The van der Waals surface area contributed by atoms with Crippen LogP contribution in [0.5, 0.6) is 0 Å². The van der Waals surface area contributed by atoms with Gasteiger partial charge in [0.2, 0.25) is 5.91 Å². The van der Waals surface area contributed by atoms with Gasteiger partial charge in [0.1, 0.15) is 0 Å². The molecule has 0 aliphatic carbocycles. The Hall–Kier alpha value is -0.530. The van der Waals surface area contributed by atoms with E-state index in [1.165, 1.54) is 0 Å². The average Bonchev–Trinajstić information content (AvgIpc) is 2.13. The first-order valence-corrected chi connectivity index (χ1v) is 3.51. The zero-order chi connectivity index (χ0) is 6.85. The summed E-state index contributed by atoms with van der Waals surface area (Å²) in [5, 5.41) is 0. The average molecular weight is 143 g/mol. The molecule has 0 atom stereocenters. The maximum atomic E-state index is 10.9. The molecule has 0 aromatic rings. The number of amides is 1. The topological polar surface area (TPSA) is 20.3 Å². The normalized spacial score (nSPS) is 17.9. The molecule has 10 heavy (non-hydrogen) atoms. The largest absolute Gasteiger partial charge is 0.340 e. The second kappa shape index (κ2) is 3.59. The van der Waals surface area contributed by atoms with Gasteiger partial charge >= 0.3 is 0 Å². The summed E-state index contributed by atoms with van der Waals surface area (Å²) in [7, 11) is 0. The lowest BCUT2D eigenvalue weighted by atomic mass is 10.3. The van der Waals surface area contributed by atoms with Crippen LogP contribution in [0.25, 0.3) is 0 Å². The Balaban J connectivity index is 0.000000810. The molecule has 0 saturated carbocycles. The van der Waals surface area contributed by atoms with E-state index in [1.54, 1.807) is 0 Å². The van der Waals surface area contributed by atoms with Gasteiger partial charge in [0.15, 0.2) is 0 Å². The van der Waals surface area contributed by atoms with E-state index in [0.717, 1.165) is 19.4 Å². The number of nitrogens with zero attached hydrogens (tertiary/aromatic N) is 1. The maximum absolute atomic E-state index is 10.9. The first kappa shape index (κ1) is 9.47. The molecule has 2 heteroatoms. The van der Waals surface area contributed by atoms with Crippen molar-refractivity contribution in [2.75, 3.05) is 6.54 Å². The Morgan fingerprint density at radius 2 is 2.10 bits per heavy atom. The summed E-state index contributed by atoms with van der Waals surface area (Å²) in [6, 6.07) is 0.403. The molecule has 2 nitrogen and oxygen atoms in total. The van der Waals surface area contributed by atoms with Crippen LogP contribution in [0.1, 0.15) is 34.1 Å². The minimum absolute atomic E-state index is 0. The monoisotopic (exact) mass is 143 g/mol. The molecule has 0 bridgehead atoms. The van der Waals surface area contributed by atoms with Gasteiger partial charge in [-0.25, -0.2) is 0 Å². The third kappa shape index (κ3) is 1.72. The van der Waals surface area contributed by atoms with Crippen molar-refractivity contribution in [2.24, 2.45) is 0 Å². The minimum atomic E-state index is 0. The fraction of sp³-hybridized carbons (Fsp3) is 0.875. The van der Waals surface area contributed by atoms with Crippen LogP contribution in [0.3, 0.4) is 0 Å². The van der Waals surface area contributed by atoms with E-state index < -0.39 is 0 Å². The third-order valence-electron chi connectivity index (χ3n) is 1.73. The zero-order valence-electron chi connectivity index (χ0n) is 6.05. The molecule has 0 unspecified atom stereocenters. The predicted octanol–water partition coefficient (Wildman–Crippen LogP) is 1.65. The summed E-state index contributed by atoms with van der Waals surface area (Å²) in [6.45, 7) is 5.09. The second-order valence-electron chi connectivity index (χ2n) is 2.78. The molecule has 1 rings (SSSR count). The highest BCUT2D eigenvalue weighted by Gasteiger charge is 2.21. The fourth-order valence-corrected chi connectivity index (χ4v) is 1.22. The summed E-state index contributed by atoms with van der Waals surface area (Å²) in [4.78, 5) is 12.9. The van der Waals surface area contributed by atoms with Crippen LogP contribution in [0, 0.1) is 0 Å². The molecule has 0 spiro atoms. The van der Waals surface area contributed by atoms with Crippen molar-refractivity contribution in [2.45, 2.75) is 40.2 Å². The lowest BCUT2D eigenvalue weighted by Gasteiger charge is -2.19. The molecular weight excluding hydrogens is 126 g/mol. The molecule has 1 saturated heterocycles. The van der Waals surface area contributed by atoms with Gasteiger partial charge in [0.05, 0.1) is 0 Å². The van der Waals surface area contributed by atoms with Crippen LogP contribution in [-0.4, -0.2) is 23.4 Å². The van der Waals surface area contributed by atoms with Gasteiger partial charge in [-0.05, 0) is 20.3 Å². The highest BCUT2D eigenvalue weighted by Crippen LogP contribution is 2.12. The van der Waals surface area contributed by atoms with E-state index in [0.29, 0.717) is 11.9 Å². The predicted molar refractivity (Wildman–Crippen MR) is 42.8 cm³/mol. The zero-order valence-corrected chi connectivity index (χ0v) is 6.05. The third-order valence-corrected chi connectivity index (χ3v) is 1.73. The van der Waals surface area contributed by atoms with Crippen molar-refractivity contribution < 1.29 is 4.79 Å². The van der Waals surface area contributed by atoms with Gasteiger partial charge in [-0.1, -0.05) is 7.43 Å². The number of likely N-dealkylation sites (tertiary alicyclic amines) is 1. The second-order valence-corrected chi connectivity index (χ2v) is 2.78. The Morgan fingerprint density at radius 1 is 1.50 bits per heavy atom. The molecule has 1 amide bonds. The van der Waals surface area contributed by atoms with E-state index in [-0.39, 0.29) is 7.43 Å². The molecule has 0 aromatic heterocycles. The Morgan fingerprint density at radius 3 is 2.30 bits per heavy atom. The molecule has 1 aliphatic heterocycles. The summed E-state index contributed by atoms with van der Waals surface area (Å²) in [5.74, 6) is 0.324. The SMILES string of the molecule is C.CC(C)N1CCCC1=O. The first-order valence-electron chi connectivity index (χ1n) is 3.51. The van der Waals surface area contributed by atoms with Crippen molar-refractivity contribution >= 4 is 5.91 Å². The van der Waals surface area contributed by atoms with Gasteiger partial charge in [-0.15, -0.1) is 0 Å². The van der Waals surface area contributed by atoms with Crippen molar-refractivity contribution in [3.8, 4) is 0 Å². The van der Waals surface area contributed by atoms with Gasteiger partial charge in [0, 0.05) is 19.0 Å². The Labute approximate surface area is 63.2 Å². The van der Waals surface area contributed by atoms with Gasteiger partial charge in [-0.2, -0.15) is 0 Å². The molecule has 60 valence electrons. The van der Waals surface area contributed by atoms with Crippen LogP contribution >= 0.6 is 0 Å². The molecular formula is C8H17NO. The number of carbonyl (C=O) groups excluding carboxylic acids is 1. The van der Waals surface area contributed by atoms with Crippen LogP contribution < -0.4 is 0 Å². The van der Waals surface area contributed by atoms with Crippen molar-refractivity contribution in [3.05, 3.63) is 0 Å². The molecule has 1 heterocycles. The lowest BCUT2D eigenvalue weighted by Crippen LogP contribution is -2.31. The number of hydrogen-bond donors (Lipinski definition) is 0. The van der Waals surface area contributed by atoms with E-state index in [4.69, 9.17) is 0 Å². The molecule has 1 fully saturated rings. The highest BCUT2D eigenvalue weighted by molar-refractivity contribution is 5.78. The van der Waals surface area contributed by atoms with E-state index >= 15 is 0 Å². The molecule has 0 radical (unpaired) electrons. The van der Waals surface area contributed by atoms with E-state index in [9.17, 15) is 4.79 Å². The van der Waals surface area contributed by atoms with Crippen LogP contribution in [0.15, 0.2) is 0 Å². The summed E-state index contributed by atoms with van der Waals surface area (Å²) in [5.41, 5.74) is 0. The number of rotatable bonds is 1. The van der Waals surface area contributed by atoms with Crippen molar-refractivity contribution in [1.82, 2.24) is 4.90 Å². The lowest BCUT2D eigenvalue weighted by molar-refractivity contribution is -0.129. The summed E-state index contributed by atoms with van der Waals surface area (Å²) < 4.78 is 0. The van der Waals surface area contributed by atoms with E-state index in [2.05, 4.69) is 13.8 Å². The maximum Gasteiger partial charge on any atom is 0.222 e. The first-order chi connectivity index (χ1) is 4.22. The Kier molecular flexibility index (Phi) is 3.40. The van der Waals surface area contributed by atoms with E-state index in [1.807, 2.05) is 4.90 Å². The fourth-order valence-electron chi connectivity index (χ4n) is 1.22. The van der Waals surface area contributed by atoms with Crippen LogP contribution in [0.2, 0.25) is 0 Å². The molecule has 0 aromatic carbocycles. The molecule has 1 aliphatic rings. The smallest absolute Gasteiger partial charge is 0.222 e. The number of hydrogen-bond acceptors (Lipinski definition) is 1. The Bertz CT molecular complexity index is 120. The van der Waals surface area contributed by atoms with Crippen LogP contribution in [0.4, 0.5) is 0 Å². The van der Waals surface area contributed by atoms with Crippen molar-refractivity contribution in [3.63, 3.8) is 0 Å². The molecule has 0 N–H and O–H groups in total. The minimum Gasteiger partial charge on any atom is -0.340 e. The standard InChI is InChI=1S/C7H13NO.CH4/c1-6(2)8-5-3-4-7(8)9;/h6H,3-5H2,1-2H3;1H4. The summed E-state index contributed by atoms with van der Waals surface area (Å²) in [6.07, 6.45) is 1.81. The van der Waals surface area contributed by atoms with Gasteiger partial charge < -0.3 is 4.90 Å². The quantitative estimate of drug-likeness (QED) is 0.546. The summed E-state index contributed by atoms with van der Waals surface area (Å²) >= 11 is 0. The van der Waals surface area contributed by atoms with Crippen molar-refractivity contribution in [1.29, 1.82) is 0 Å².